The van der Waals surface area contributed by atoms with Crippen molar-refractivity contribution >= 4 is 17.5 Å². The SMILES string of the molecule is Cc1cnc(Nc2cc(C3CCN(CC4CC4)CC3)cc(N3CCC(F)(F)C3)n2)cn1. The Morgan fingerprint density at radius 3 is 2.48 bits per heavy atom. The molecule has 2 aromatic heterocycles. The first kappa shape index (κ1) is 20.5. The third-order valence-corrected chi connectivity index (χ3v) is 6.64. The molecule has 0 atom stereocenters. The lowest BCUT2D eigenvalue weighted by Gasteiger charge is -2.32. The summed E-state index contributed by atoms with van der Waals surface area (Å²) >= 11 is 0. The summed E-state index contributed by atoms with van der Waals surface area (Å²) < 4.78 is 27.7. The van der Waals surface area contributed by atoms with Gasteiger partial charge in [0.2, 0.25) is 0 Å². The summed E-state index contributed by atoms with van der Waals surface area (Å²) in [5.41, 5.74) is 2.01. The van der Waals surface area contributed by atoms with Crippen molar-refractivity contribution < 1.29 is 8.78 Å². The van der Waals surface area contributed by atoms with E-state index in [1.54, 1.807) is 17.3 Å². The lowest BCUT2D eigenvalue weighted by molar-refractivity contribution is 0.0256. The number of aryl methyl sites for hydroxylation is 1. The Bertz CT molecular complexity index is 907. The van der Waals surface area contributed by atoms with Gasteiger partial charge in [-0.2, -0.15) is 0 Å². The van der Waals surface area contributed by atoms with Crippen LogP contribution in [-0.2, 0) is 0 Å². The second kappa shape index (κ2) is 8.30. The number of aromatic nitrogens is 3. The number of halogens is 2. The minimum atomic E-state index is -2.65. The number of nitrogens with zero attached hydrogens (tertiary/aromatic N) is 5. The quantitative estimate of drug-likeness (QED) is 0.738. The summed E-state index contributed by atoms with van der Waals surface area (Å²) in [4.78, 5) is 17.6. The molecule has 2 aromatic rings. The van der Waals surface area contributed by atoms with Crippen molar-refractivity contribution in [2.24, 2.45) is 5.92 Å². The molecule has 4 heterocycles. The maximum atomic E-state index is 13.9. The normalized spacial score (nSPS) is 22.1. The van der Waals surface area contributed by atoms with E-state index in [-0.39, 0.29) is 13.0 Å². The summed E-state index contributed by atoms with van der Waals surface area (Å²) in [6.07, 6.45) is 8.19. The fourth-order valence-electron chi connectivity index (χ4n) is 4.63. The van der Waals surface area contributed by atoms with Crippen LogP contribution >= 0.6 is 0 Å². The molecule has 3 fully saturated rings. The number of nitrogens with one attached hydrogen (secondary N) is 1. The van der Waals surface area contributed by atoms with E-state index in [1.807, 2.05) is 13.0 Å². The van der Waals surface area contributed by atoms with Crippen molar-refractivity contribution in [1.29, 1.82) is 0 Å². The summed E-state index contributed by atoms with van der Waals surface area (Å²) in [6.45, 7) is 5.38. The first-order chi connectivity index (χ1) is 14.9. The fourth-order valence-corrected chi connectivity index (χ4v) is 4.63. The van der Waals surface area contributed by atoms with Gasteiger partial charge in [0.25, 0.3) is 5.92 Å². The summed E-state index contributed by atoms with van der Waals surface area (Å²) in [5.74, 6) is 0.547. The molecule has 2 aliphatic heterocycles. The molecule has 0 unspecified atom stereocenters. The highest BCUT2D eigenvalue weighted by Crippen LogP contribution is 2.36. The summed E-state index contributed by atoms with van der Waals surface area (Å²) in [5, 5.41) is 3.23. The number of hydrogen-bond acceptors (Lipinski definition) is 6. The zero-order chi connectivity index (χ0) is 21.4. The number of alkyl halides is 2. The van der Waals surface area contributed by atoms with Gasteiger partial charge in [-0.15, -0.1) is 0 Å². The zero-order valence-corrected chi connectivity index (χ0v) is 18.0. The molecular weight excluding hydrogens is 398 g/mol. The smallest absolute Gasteiger partial charge is 0.266 e. The van der Waals surface area contributed by atoms with Gasteiger partial charge in [-0.05, 0) is 75.2 Å². The number of likely N-dealkylation sites (tertiary alicyclic amines) is 1. The molecule has 2 saturated heterocycles. The van der Waals surface area contributed by atoms with Crippen LogP contribution in [-0.4, -0.2) is 58.5 Å². The van der Waals surface area contributed by atoms with Gasteiger partial charge in [-0.25, -0.2) is 18.7 Å². The fraction of sp³-hybridized carbons (Fsp3) is 0.609. The first-order valence-corrected chi connectivity index (χ1v) is 11.4. The van der Waals surface area contributed by atoms with Crippen LogP contribution in [0.5, 0.6) is 0 Å². The highest BCUT2D eigenvalue weighted by molar-refractivity contribution is 5.57. The summed E-state index contributed by atoms with van der Waals surface area (Å²) in [7, 11) is 0. The van der Waals surface area contributed by atoms with Crippen molar-refractivity contribution in [1.82, 2.24) is 19.9 Å². The van der Waals surface area contributed by atoms with Crippen LogP contribution in [0.15, 0.2) is 24.5 Å². The molecule has 8 heteroatoms. The second-order valence-corrected chi connectivity index (χ2v) is 9.36. The Morgan fingerprint density at radius 1 is 1.03 bits per heavy atom. The van der Waals surface area contributed by atoms with Gasteiger partial charge in [0, 0.05) is 19.5 Å². The van der Waals surface area contributed by atoms with E-state index in [2.05, 4.69) is 31.2 Å². The summed E-state index contributed by atoms with van der Waals surface area (Å²) in [6, 6.07) is 4.08. The zero-order valence-electron chi connectivity index (χ0n) is 18.0. The van der Waals surface area contributed by atoms with Gasteiger partial charge >= 0.3 is 0 Å². The third kappa shape index (κ3) is 5.11. The molecule has 5 rings (SSSR count). The topological polar surface area (TPSA) is 57.2 Å². The van der Waals surface area contributed by atoms with Gasteiger partial charge in [-0.3, -0.25) is 4.98 Å². The molecule has 166 valence electrons. The maximum absolute atomic E-state index is 13.9. The van der Waals surface area contributed by atoms with Crippen molar-refractivity contribution in [3.05, 3.63) is 35.8 Å². The van der Waals surface area contributed by atoms with E-state index in [1.165, 1.54) is 24.9 Å². The van der Waals surface area contributed by atoms with E-state index in [4.69, 9.17) is 0 Å². The molecule has 6 nitrogen and oxygen atoms in total. The highest BCUT2D eigenvalue weighted by atomic mass is 19.3. The molecular formula is C23H30F2N6. The van der Waals surface area contributed by atoms with Crippen molar-refractivity contribution in [3.63, 3.8) is 0 Å². The van der Waals surface area contributed by atoms with Crippen LogP contribution < -0.4 is 10.2 Å². The van der Waals surface area contributed by atoms with Crippen LogP contribution in [0, 0.1) is 12.8 Å². The van der Waals surface area contributed by atoms with Crippen LogP contribution in [0.25, 0.3) is 0 Å². The van der Waals surface area contributed by atoms with Gasteiger partial charge in [0.15, 0.2) is 0 Å². The van der Waals surface area contributed by atoms with E-state index in [9.17, 15) is 8.78 Å². The van der Waals surface area contributed by atoms with E-state index in [0.29, 0.717) is 29.9 Å². The Labute approximate surface area is 182 Å². The standard InChI is InChI=1S/C23H30F2N6/c1-16-12-27-21(13-26-16)28-20-10-19(11-22(29-20)31-9-6-23(24,25)15-31)18-4-7-30(8-5-18)14-17-2-3-17/h10-13,17-18H,2-9,14-15H2,1H3,(H,27,28,29). The monoisotopic (exact) mass is 428 g/mol. The van der Waals surface area contributed by atoms with E-state index >= 15 is 0 Å². The first-order valence-electron chi connectivity index (χ1n) is 11.4. The van der Waals surface area contributed by atoms with Crippen molar-refractivity contribution in [2.45, 2.75) is 50.9 Å². The number of hydrogen-bond donors (Lipinski definition) is 1. The molecule has 31 heavy (non-hydrogen) atoms. The Hall–Kier alpha value is -2.35. The van der Waals surface area contributed by atoms with Gasteiger partial charge < -0.3 is 15.1 Å². The largest absolute Gasteiger partial charge is 0.350 e. The predicted molar refractivity (Wildman–Crippen MR) is 117 cm³/mol. The average molecular weight is 429 g/mol. The van der Waals surface area contributed by atoms with Crippen LogP contribution in [0.2, 0.25) is 0 Å². The number of piperidine rings is 1. The van der Waals surface area contributed by atoms with E-state index < -0.39 is 5.92 Å². The molecule has 0 bridgehead atoms. The highest BCUT2D eigenvalue weighted by Gasteiger charge is 2.39. The second-order valence-electron chi connectivity index (χ2n) is 9.36. The molecule has 0 radical (unpaired) electrons. The minimum absolute atomic E-state index is 0.120. The minimum Gasteiger partial charge on any atom is -0.350 e. The lowest BCUT2D eigenvalue weighted by Crippen LogP contribution is -2.34. The van der Waals surface area contributed by atoms with Crippen molar-refractivity contribution in [2.75, 3.05) is 42.9 Å². The number of rotatable bonds is 6. The molecule has 0 aromatic carbocycles. The Balaban J connectivity index is 1.37. The van der Waals surface area contributed by atoms with Crippen molar-refractivity contribution in [3.8, 4) is 0 Å². The Morgan fingerprint density at radius 2 is 1.84 bits per heavy atom. The molecule has 0 amide bonds. The lowest BCUT2D eigenvalue weighted by atomic mass is 9.89. The molecule has 1 N–H and O–H groups in total. The van der Waals surface area contributed by atoms with Gasteiger partial charge in [0.05, 0.1) is 24.6 Å². The van der Waals surface area contributed by atoms with Crippen LogP contribution in [0.1, 0.15) is 49.3 Å². The molecule has 3 aliphatic rings. The van der Waals surface area contributed by atoms with E-state index in [0.717, 1.165) is 37.5 Å². The third-order valence-electron chi connectivity index (χ3n) is 6.64. The number of anilines is 3. The molecule has 1 aliphatic carbocycles. The number of pyridine rings is 1. The predicted octanol–water partition coefficient (Wildman–Crippen LogP) is 4.36. The van der Waals surface area contributed by atoms with Gasteiger partial charge in [-0.1, -0.05) is 0 Å². The molecule has 1 saturated carbocycles. The van der Waals surface area contributed by atoms with Gasteiger partial charge in [0.1, 0.15) is 17.5 Å². The average Bonchev–Trinajstić information content (AvgIpc) is 3.49. The molecule has 0 spiro atoms. The van der Waals surface area contributed by atoms with Crippen LogP contribution in [0.3, 0.4) is 0 Å². The Kier molecular flexibility index (Phi) is 5.50. The van der Waals surface area contributed by atoms with Crippen LogP contribution in [0.4, 0.5) is 26.2 Å². The maximum Gasteiger partial charge on any atom is 0.266 e.